The van der Waals surface area contributed by atoms with E-state index in [4.69, 9.17) is 0 Å². The van der Waals surface area contributed by atoms with Crippen LogP contribution in [-0.2, 0) is 0 Å². The van der Waals surface area contributed by atoms with Crippen molar-refractivity contribution in [1.29, 1.82) is 0 Å². The van der Waals surface area contributed by atoms with Crippen LogP contribution in [0.5, 0.6) is 0 Å². The molecular formula is C14H20N2. The minimum atomic E-state index is 0.353. The van der Waals surface area contributed by atoms with Gasteiger partial charge in [-0.15, -0.1) is 0 Å². The molecule has 86 valence electrons. The van der Waals surface area contributed by atoms with Gasteiger partial charge in [0.05, 0.1) is 11.7 Å². The van der Waals surface area contributed by atoms with Crippen LogP contribution >= 0.6 is 0 Å². The van der Waals surface area contributed by atoms with Crippen LogP contribution in [0.2, 0.25) is 0 Å². The van der Waals surface area contributed by atoms with Crippen LogP contribution in [0.4, 0.5) is 5.69 Å². The number of fused-ring (bicyclic) bond motifs is 2. The van der Waals surface area contributed by atoms with Crippen molar-refractivity contribution in [3.63, 3.8) is 0 Å². The van der Waals surface area contributed by atoms with E-state index < -0.39 is 0 Å². The van der Waals surface area contributed by atoms with E-state index in [1.165, 1.54) is 30.8 Å². The summed E-state index contributed by atoms with van der Waals surface area (Å²) in [5, 5.41) is 0. The molecule has 2 aliphatic rings. The summed E-state index contributed by atoms with van der Waals surface area (Å²) in [6, 6.07) is 8.76. The fourth-order valence-electron chi connectivity index (χ4n) is 3.44. The van der Waals surface area contributed by atoms with Crippen LogP contribution in [0.15, 0.2) is 24.3 Å². The van der Waals surface area contributed by atoms with Crippen LogP contribution in [0.3, 0.4) is 0 Å². The second-order valence-electron chi connectivity index (χ2n) is 5.51. The van der Waals surface area contributed by atoms with Crippen LogP contribution in [0.1, 0.15) is 25.8 Å². The van der Waals surface area contributed by atoms with E-state index in [-0.39, 0.29) is 0 Å². The molecule has 0 spiro atoms. The predicted molar refractivity (Wildman–Crippen MR) is 67.7 cm³/mol. The van der Waals surface area contributed by atoms with Crippen molar-refractivity contribution in [2.24, 2.45) is 0 Å². The summed E-state index contributed by atoms with van der Waals surface area (Å²) in [6.07, 6.45) is 1.85. The predicted octanol–water partition coefficient (Wildman–Crippen LogP) is 2.63. The number of hydrogen-bond donors (Lipinski definition) is 0. The lowest BCUT2D eigenvalue weighted by atomic mass is 9.97. The van der Waals surface area contributed by atoms with Gasteiger partial charge in [-0.3, -0.25) is 4.90 Å². The smallest absolute Gasteiger partial charge is 0.0799 e. The van der Waals surface area contributed by atoms with E-state index in [2.05, 4.69) is 54.8 Å². The van der Waals surface area contributed by atoms with Gasteiger partial charge in [0.2, 0.25) is 0 Å². The molecule has 1 aromatic carbocycles. The van der Waals surface area contributed by atoms with E-state index in [1.54, 1.807) is 0 Å². The topological polar surface area (TPSA) is 6.48 Å². The van der Waals surface area contributed by atoms with Gasteiger partial charge in [-0.1, -0.05) is 18.2 Å². The third-order valence-corrected chi connectivity index (χ3v) is 4.34. The molecule has 2 fully saturated rings. The highest BCUT2D eigenvalue weighted by atomic mass is 15.5. The number of benzene rings is 1. The average Bonchev–Trinajstić information content (AvgIpc) is 2.74. The molecule has 2 nitrogen and oxygen atoms in total. The molecule has 2 heteroatoms. The zero-order chi connectivity index (χ0) is 11.3. The van der Waals surface area contributed by atoms with Crippen molar-refractivity contribution in [2.75, 3.05) is 18.0 Å². The van der Waals surface area contributed by atoms with Crippen molar-refractivity contribution in [2.45, 2.75) is 38.9 Å². The molecule has 0 aromatic heterocycles. The lowest BCUT2D eigenvalue weighted by Crippen LogP contribution is -2.50. The first-order valence-electron chi connectivity index (χ1n) is 6.21. The summed E-state index contributed by atoms with van der Waals surface area (Å²) in [6.45, 7) is 9.44. The Morgan fingerprint density at radius 1 is 1.31 bits per heavy atom. The second-order valence-corrected chi connectivity index (χ2v) is 5.51. The molecule has 3 rings (SSSR count). The number of nitrogens with zero attached hydrogens (tertiary/aromatic N) is 2. The second kappa shape index (κ2) is 3.24. The maximum Gasteiger partial charge on any atom is 0.0799 e. The standard InChI is InChI=1S/C14H20N2/c1-11-6-4-5-7-13(11)16-12(2)15-9-8-14(16,3)10-15/h4-7,12H,8-10H2,1-3H3/t12-,14?/m0/s1. The Bertz CT molecular complexity index is 415. The summed E-state index contributed by atoms with van der Waals surface area (Å²) >= 11 is 0. The Morgan fingerprint density at radius 3 is 2.69 bits per heavy atom. The Morgan fingerprint density at radius 2 is 2.06 bits per heavy atom. The van der Waals surface area contributed by atoms with E-state index in [0.29, 0.717) is 11.7 Å². The molecule has 0 aliphatic carbocycles. The largest absolute Gasteiger partial charge is 0.349 e. The van der Waals surface area contributed by atoms with Gasteiger partial charge in [0.15, 0.2) is 0 Å². The number of hydrogen-bond acceptors (Lipinski definition) is 2. The first kappa shape index (κ1) is 10.2. The van der Waals surface area contributed by atoms with Crippen molar-refractivity contribution in [3.8, 4) is 0 Å². The van der Waals surface area contributed by atoms with E-state index in [9.17, 15) is 0 Å². The molecule has 0 radical (unpaired) electrons. The Labute approximate surface area is 97.9 Å². The maximum atomic E-state index is 2.62. The fraction of sp³-hybridized carbons (Fsp3) is 0.571. The molecule has 16 heavy (non-hydrogen) atoms. The number of para-hydroxylation sites is 1. The van der Waals surface area contributed by atoms with Crippen LogP contribution in [-0.4, -0.2) is 29.7 Å². The van der Waals surface area contributed by atoms with E-state index >= 15 is 0 Å². The number of rotatable bonds is 1. The average molecular weight is 216 g/mol. The minimum absolute atomic E-state index is 0.353. The van der Waals surface area contributed by atoms with Gasteiger partial charge in [0.25, 0.3) is 0 Å². The summed E-state index contributed by atoms with van der Waals surface area (Å²) in [4.78, 5) is 5.21. The number of anilines is 1. The van der Waals surface area contributed by atoms with Gasteiger partial charge in [-0.25, -0.2) is 0 Å². The molecule has 0 saturated carbocycles. The Balaban J connectivity index is 2.05. The SMILES string of the molecule is Cc1ccccc1N1[C@@H](C)N2CCC1(C)C2. The summed E-state index contributed by atoms with van der Waals surface area (Å²) in [5.74, 6) is 0. The van der Waals surface area contributed by atoms with Crippen molar-refractivity contribution < 1.29 is 0 Å². The Hall–Kier alpha value is -1.02. The zero-order valence-electron chi connectivity index (χ0n) is 10.4. The Kier molecular flexibility index (Phi) is 2.05. The van der Waals surface area contributed by atoms with Crippen molar-refractivity contribution in [1.82, 2.24) is 4.90 Å². The van der Waals surface area contributed by atoms with Crippen LogP contribution in [0, 0.1) is 6.92 Å². The van der Waals surface area contributed by atoms with Crippen molar-refractivity contribution >= 4 is 5.69 Å². The van der Waals surface area contributed by atoms with Crippen LogP contribution < -0.4 is 4.90 Å². The summed E-state index contributed by atoms with van der Waals surface area (Å²) in [7, 11) is 0. The highest BCUT2D eigenvalue weighted by Gasteiger charge is 2.50. The van der Waals surface area contributed by atoms with Gasteiger partial charge in [-0.05, 0) is 38.8 Å². The third-order valence-electron chi connectivity index (χ3n) is 4.34. The molecule has 1 aromatic rings. The van der Waals surface area contributed by atoms with E-state index in [0.717, 1.165) is 0 Å². The monoisotopic (exact) mass is 216 g/mol. The molecule has 2 heterocycles. The van der Waals surface area contributed by atoms with Gasteiger partial charge < -0.3 is 4.90 Å². The quantitative estimate of drug-likeness (QED) is 0.712. The first-order valence-corrected chi connectivity index (χ1v) is 6.21. The normalized spacial score (nSPS) is 37.1. The maximum absolute atomic E-state index is 2.62. The lowest BCUT2D eigenvalue weighted by molar-refractivity contribution is 0.278. The van der Waals surface area contributed by atoms with E-state index in [1.807, 2.05) is 0 Å². The molecule has 2 aliphatic heterocycles. The number of aryl methyl sites for hydroxylation is 1. The van der Waals surface area contributed by atoms with Crippen LogP contribution in [0.25, 0.3) is 0 Å². The molecule has 3 atom stereocenters. The fourth-order valence-corrected chi connectivity index (χ4v) is 3.44. The molecular weight excluding hydrogens is 196 g/mol. The van der Waals surface area contributed by atoms with Gasteiger partial charge in [0, 0.05) is 18.8 Å². The summed E-state index contributed by atoms with van der Waals surface area (Å²) < 4.78 is 0. The molecule has 0 N–H and O–H groups in total. The first-order chi connectivity index (χ1) is 7.62. The molecule has 2 bridgehead atoms. The van der Waals surface area contributed by atoms with Gasteiger partial charge in [-0.2, -0.15) is 0 Å². The summed E-state index contributed by atoms with van der Waals surface area (Å²) in [5.41, 5.74) is 3.16. The zero-order valence-corrected chi connectivity index (χ0v) is 10.4. The minimum Gasteiger partial charge on any atom is -0.349 e. The molecule has 0 amide bonds. The molecule has 2 saturated heterocycles. The van der Waals surface area contributed by atoms with Gasteiger partial charge in [0.1, 0.15) is 0 Å². The third kappa shape index (κ3) is 1.23. The highest BCUT2D eigenvalue weighted by Crippen LogP contribution is 2.42. The molecule has 2 unspecified atom stereocenters. The lowest BCUT2D eigenvalue weighted by Gasteiger charge is -2.42. The van der Waals surface area contributed by atoms with Gasteiger partial charge >= 0.3 is 0 Å². The van der Waals surface area contributed by atoms with Crippen molar-refractivity contribution in [3.05, 3.63) is 29.8 Å². The highest BCUT2D eigenvalue weighted by molar-refractivity contribution is 5.57.